The second-order valence-electron chi connectivity index (χ2n) is 5.19. The van der Waals surface area contributed by atoms with Gasteiger partial charge in [0.1, 0.15) is 12.1 Å². The van der Waals surface area contributed by atoms with Crippen molar-refractivity contribution in [1.82, 2.24) is 5.32 Å². The highest BCUT2D eigenvalue weighted by Crippen LogP contribution is 2.30. The van der Waals surface area contributed by atoms with Crippen molar-refractivity contribution >= 4 is 29.1 Å². The van der Waals surface area contributed by atoms with E-state index in [2.05, 4.69) is 5.32 Å². The van der Waals surface area contributed by atoms with Crippen molar-refractivity contribution < 1.29 is 9.59 Å². The highest BCUT2D eigenvalue weighted by molar-refractivity contribution is 6.34. The lowest BCUT2D eigenvalue weighted by molar-refractivity contribution is -0.133. The molecule has 108 valence electrons. The standard InChI is InChI=1S/C15H19ClN2O2/c1-4-5-12-15(20)18(10(3)14(19)17-12)13-7-6-9(2)8-11(13)16/h6-8,10,12H,4-5H2,1-3H3,(H,17,19). The molecule has 1 heterocycles. The van der Waals surface area contributed by atoms with E-state index >= 15 is 0 Å². The van der Waals surface area contributed by atoms with Gasteiger partial charge in [-0.15, -0.1) is 0 Å². The fraction of sp³-hybridized carbons (Fsp3) is 0.467. The van der Waals surface area contributed by atoms with Crippen LogP contribution in [0.4, 0.5) is 5.69 Å². The summed E-state index contributed by atoms with van der Waals surface area (Å²) < 4.78 is 0. The number of halogens is 1. The lowest BCUT2D eigenvalue weighted by Gasteiger charge is -2.37. The van der Waals surface area contributed by atoms with Gasteiger partial charge in [-0.25, -0.2) is 0 Å². The second kappa shape index (κ2) is 5.83. The number of nitrogens with one attached hydrogen (secondary N) is 1. The molecule has 5 heteroatoms. The third kappa shape index (κ3) is 2.66. The van der Waals surface area contributed by atoms with Crippen LogP contribution in [0.15, 0.2) is 18.2 Å². The van der Waals surface area contributed by atoms with E-state index in [1.165, 1.54) is 4.90 Å². The predicted octanol–water partition coefficient (Wildman–Crippen LogP) is 2.67. The van der Waals surface area contributed by atoms with Gasteiger partial charge >= 0.3 is 0 Å². The van der Waals surface area contributed by atoms with Crippen molar-refractivity contribution in [3.63, 3.8) is 0 Å². The largest absolute Gasteiger partial charge is 0.342 e. The van der Waals surface area contributed by atoms with Crippen LogP contribution < -0.4 is 10.2 Å². The third-order valence-electron chi connectivity index (χ3n) is 3.56. The number of aryl methyl sites for hydroxylation is 1. The molecule has 0 spiro atoms. The summed E-state index contributed by atoms with van der Waals surface area (Å²) in [6.07, 6.45) is 1.47. The summed E-state index contributed by atoms with van der Waals surface area (Å²) in [5.74, 6) is -0.232. The van der Waals surface area contributed by atoms with E-state index in [1.807, 2.05) is 19.9 Å². The molecular weight excluding hydrogens is 276 g/mol. The van der Waals surface area contributed by atoms with E-state index < -0.39 is 12.1 Å². The number of rotatable bonds is 3. The van der Waals surface area contributed by atoms with Crippen LogP contribution in [-0.4, -0.2) is 23.9 Å². The molecule has 1 aromatic rings. The monoisotopic (exact) mass is 294 g/mol. The van der Waals surface area contributed by atoms with Crippen molar-refractivity contribution in [3.8, 4) is 0 Å². The first-order chi connectivity index (χ1) is 9.45. The molecule has 1 aliphatic rings. The van der Waals surface area contributed by atoms with Gasteiger partial charge in [0.25, 0.3) is 0 Å². The Morgan fingerprint density at radius 2 is 2.05 bits per heavy atom. The van der Waals surface area contributed by atoms with Crippen LogP contribution in [0.1, 0.15) is 32.3 Å². The first-order valence-electron chi connectivity index (χ1n) is 6.85. The zero-order valence-corrected chi connectivity index (χ0v) is 12.7. The van der Waals surface area contributed by atoms with Gasteiger partial charge in [-0.2, -0.15) is 0 Å². The lowest BCUT2D eigenvalue weighted by Crippen LogP contribution is -2.62. The summed E-state index contributed by atoms with van der Waals surface area (Å²) in [5, 5.41) is 3.27. The maximum absolute atomic E-state index is 12.6. The number of anilines is 1. The van der Waals surface area contributed by atoms with Crippen LogP contribution in [0.25, 0.3) is 0 Å². The Hall–Kier alpha value is -1.55. The molecule has 0 bridgehead atoms. The maximum Gasteiger partial charge on any atom is 0.250 e. The number of hydrogen-bond donors (Lipinski definition) is 1. The second-order valence-corrected chi connectivity index (χ2v) is 5.60. The van der Waals surface area contributed by atoms with E-state index in [-0.39, 0.29) is 11.8 Å². The van der Waals surface area contributed by atoms with Crippen molar-refractivity contribution in [2.45, 2.75) is 45.7 Å². The number of hydrogen-bond acceptors (Lipinski definition) is 2. The number of carbonyl (C=O) groups excluding carboxylic acids is 2. The quantitative estimate of drug-likeness (QED) is 0.932. The molecule has 0 saturated carbocycles. The van der Waals surface area contributed by atoms with Gasteiger partial charge in [-0.3, -0.25) is 14.5 Å². The van der Waals surface area contributed by atoms with Crippen LogP contribution in [0.2, 0.25) is 5.02 Å². The molecule has 1 fully saturated rings. The van der Waals surface area contributed by atoms with Crippen molar-refractivity contribution in [2.24, 2.45) is 0 Å². The van der Waals surface area contributed by atoms with Crippen LogP contribution in [0.5, 0.6) is 0 Å². The van der Waals surface area contributed by atoms with Gasteiger partial charge in [0.15, 0.2) is 0 Å². The number of benzene rings is 1. The Balaban J connectivity index is 2.40. The van der Waals surface area contributed by atoms with Gasteiger partial charge in [-0.1, -0.05) is 31.0 Å². The summed E-state index contributed by atoms with van der Waals surface area (Å²) in [6, 6.07) is 4.49. The molecule has 4 nitrogen and oxygen atoms in total. The fourth-order valence-corrected chi connectivity index (χ4v) is 2.78. The van der Waals surface area contributed by atoms with Gasteiger partial charge in [0.05, 0.1) is 10.7 Å². The van der Waals surface area contributed by atoms with Crippen LogP contribution in [-0.2, 0) is 9.59 Å². The zero-order valence-electron chi connectivity index (χ0n) is 11.9. The number of piperazine rings is 1. The van der Waals surface area contributed by atoms with E-state index in [9.17, 15) is 9.59 Å². The van der Waals surface area contributed by atoms with Gasteiger partial charge in [0.2, 0.25) is 11.8 Å². The molecule has 2 unspecified atom stereocenters. The predicted molar refractivity (Wildman–Crippen MR) is 80.0 cm³/mol. The van der Waals surface area contributed by atoms with Crippen molar-refractivity contribution in [1.29, 1.82) is 0 Å². The van der Waals surface area contributed by atoms with Crippen LogP contribution >= 0.6 is 11.6 Å². The first kappa shape index (κ1) is 14.9. The summed E-state index contributed by atoms with van der Waals surface area (Å²) >= 11 is 6.24. The molecule has 0 aliphatic carbocycles. The van der Waals surface area contributed by atoms with Crippen LogP contribution in [0, 0.1) is 6.92 Å². The Bertz CT molecular complexity index is 545. The summed E-state index contributed by atoms with van der Waals surface area (Å²) in [7, 11) is 0. The van der Waals surface area contributed by atoms with Crippen molar-refractivity contribution in [2.75, 3.05) is 4.90 Å². The number of amides is 2. The molecule has 20 heavy (non-hydrogen) atoms. The Morgan fingerprint density at radius 3 is 2.65 bits per heavy atom. The maximum atomic E-state index is 12.6. The average molecular weight is 295 g/mol. The summed E-state index contributed by atoms with van der Waals surface area (Å²) in [5.41, 5.74) is 1.62. The lowest BCUT2D eigenvalue weighted by atomic mass is 10.0. The molecule has 0 aromatic heterocycles. The van der Waals surface area contributed by atoms with E-state index in [4.69, 9.17) is 11.6 Å². The molecule has 1 aliphatic heterocycles. The van der Waals surface area contributed by atoms with Gasteiger partial charge in [-0.05, 0) is 38.0 Å². The topological polar surface area (TPSA) is 49.4 Å². The van der Waals surface area contributed by atoms with Gasteiger partial charge in [0, 0.05) is 0 Å². The molecule has 0 radical (unpaired) electrons. The molecular formula is C15H19ClN2O2. The first-order valence-corrected chi connectivity index (χ1v) is 7.23. The smallest absolute Gasteiger partial charge is 0.250 e. The molecule has 1 saturated heterocycles. The number of carbonyl (C=O) groups is 2. The SMILES string of the molecule is CCCC1NC(=O)C(C)N(c2ccc(C)cc2Cl)C1=O. The van der Waals surface area contributed by atoms with E-state index in [1.54, 1.807) is 19.1 Å². The van der Waals surface area contributed by atoms with Gasteiger partial charge < -0.3 is 5.32 Å². The Labute approximate surface area is 124 Å². The summed E-state index contributed by atoms with van der Waals surface area (Å²) in [4.78, 5) is 26.1. The zero-order chi connectivity index (χ0) is 14.9. The van der Waals surface area contributed by atoms with Crippen molar-refractivity contribution in [3.05, 3.63) is 28.8 Å². The molecule has 1 aromatic carbocycles. The average Bonchev–Trinajstić information content (AvgIpc) is 2.39. The normalized spacial score (nSPS) is 22.9. The fourth-order valence-electron chi connectivity index (χ4n) is 2.45. The molecule has 2 amide bonds. The minimum Gasteiger partial charge on any atom is -0.342 e. The van der Waals surface area contributed by atoms with E-state index in [0.29, 0.717) is 17.1 Å². The Kier molecular flexibility index (Phi) is 4.33. The molecule has 1 N–H and O–H groups in total. The van der Waals surface area contributed by atoms with Crippen LogP contribution in [0.3, 0.4) is 0 Å². The molecule has 2 atom stereocenters. The summed E-state index contributed by atoms with van der Waals surface area (Å²) in [6.45, 7) is 5.63. The molecule has 2 rings (SSSR count). The minimum atomic E-state index is -0.546. The minimum absolute atomic E-state index is 0.0929. The number of nitrogens with zero attached hydrogens (tertiary/aromatic N) is 1. The third-order valence-corrected chi connectivity index (χ3v) is 3.86. The van der Waals surface area contributed by atoms with E-state index in [0.717, 1.165) is 12.0 Å². The highest BCUT2D eigenvalue weighted by atomic mass is 35.5. The highest BCUT2D eigenvalue weighted by Gasteiger charge is 2.39. The Morgan fingerprint density at radius 1 is 1.35 bits per heavy atom.